The highest BCUT2D eigenvalue weighted by Crippen LogP contribution is 2.36. The van der Waals surface area contributed by atoms with Gasteiger partial charge in [0.05, 0.1) is 11.6 Å². The molecule has 2 saturated heterocycles. The van der Waals surface area contributed by atoms with Crippen LogP contribution in [0.5, 0.6) is 5.75 Å². The fourth-order valence-corrected chi connectivity index (χ4v) is 5.51. The zero-order chi connectivity index (χ0) is 24.8. The van der Waals surface area contributed by atoms with E-state index in [0.717, 1.165) is 45.2 Å². The molecule has 190 valence electrons. The Morgan fingerprint density at radius 1 is 1.09 bits per heavy atom. The van der Waals surface area contributed by atoms with Gasteiger partial charge in [0.15, 0.2) is 5.69 Å². The molecule has 2 fully saturated rings. The minimum atomic E-state index is -0.497. The van der Waals surface area contributed by atoms with Gasteiger partial charge in [-0.1, -0.05) is 36.2 Å². The Bertz CT molecular complexity index is 1040. The number of aromatic nitrogens is 2. The number of amides is 2. The van der Waals surface area contributed by atoms with Crippen LogP contribution in [-0.2, 0) is 11.3 Å². The summed E-state index contributed by atoms with van der Waals surface area (Å²) in [5.74, 6) is 0.605. The summed E-state index contributed by atoms with van der Waals surface area (Å²) in [6.45, 7) is 5.71. The van der Waals surface area contributed by atoms with Gasteiger partial charge < -0.3 is 14.5 Å². The molecular weight excluding hydrogens is 487 g/mol. The predicted octanol–water partition coefficient (Wildman–Crippen LogP) is 5.30. The standard InChI is InChI=1S/C26H34Cl2N4O3/c1-2-11-32-17-22(28)24(29-32)25(34)31-14-7-10-26(18-31,16-23(33)30-12-4-3-5-13-30)19-35-21-9-6-8-20(27)15-21/h6,8-9,15,17H,2-5,7,10-14,16,18-19H2,1H3/t26-/m0/s1. The largest absolute Gasteiger partial charge is 0.493 e. The van der Waals surface area contributed by atoms with E-state index in [0.29, 0.717) is 48.5 Å². The zero-order valence-electron chi connectivity index (χ0n) is 20.3. The number of hydrogen-bond donors (Lipinski definition) is 0. The van der Waals surface area contributed by atoms with Crippen LogP contribution in [0.4, 0.5) is 0 Å². The summed E-state index contributed by atoms with van der Waals surface area (Å²) >= 11 is 12.5. The predicted molar refractivity (Wildman–Crippen MR) is 137 cm³/mol. The van der Waals surface area contributed by atoms with E-state index in [1.54, 1.807) is 27.9 Å². The second-order valence-corrected chi connectivity index (χ2v) is 10.6. The number of hydrogen-bond acceptors (Lipinski definition) is 4. The summed E-state index contributed by atoms with van der Waals surface area (Å²) in [6.07, 6.45) is 7.79. The number of aryl methyl sites for hydroxylation is 1. The van der Waals surface area contributed by atoms with Crippen molar-refractivity contribution in [2.75, 3.05) is 32.8 Å². The molecule has 0 aliphatic carbocycles. The fraction of sp³-hybridized carbons (Fsp3) is 0.577. The lowest BCUT2D eigenvalue weighted by atomic mass is 9.77. The van der Waals surface area contributed by atoms with Gasteiger partial charge in [-0.05, 0) is 56.7 Å². The minimum absolute atomic E-state index is 0.138. The van der Waals surface area contributed by atoms with Crippen LogP contribution in [0.3, 0.4) is 0 Å². The molecule has 1 aromatic heterocycles. The van der Waals surface area contributed by atoms with E-state index in [-0.39, 0.29) is 17.5 Å². The summed E-state index contributed by atoms with van der Waals surface area (Å²) < 4.78 is 7.89. The van der Waals surface area contributed by atoms with Crippen molar-refractivity contribution in [1.82, 2.24) is 19.6 Å². The molecule has 0 N–H and O–H groups in total. The van der Waals surface area contributed by atoms with Crippen molar-refractivity contribution in [3.05, 3.63) is 46.2 Å². The smallest absolute Gasteiger partial charge is 0.275 e. The van der Waals surface area contributed by atoms with Gasteiger partial charge in [-0.3, -0.25) is 14.3 Å². The summed E-state index contributed by atoms with van der Waals surface area (Å²) in [4.78, 5) is 30.5. The van der Waals surface area contributed by atoms with E-state index in [2.05, 4.69) is 12.0 Å². The Morgan fingerprint density at radius 3 is 2.60 bits per heavy atom. The van der Waals surface area contributed by atoms with Crippen molar-refractivity contribution in [3.8, 4) is 5.75 Å². The first-order valence-electron chi connectivity index (χ1n) is 12.6. The number of carbonyl (C=O) groups is 2. The van der Waals surface area contributed by atoms with Gasteiger partial charge in [0.25, 0.3) is 5.91 Å². The van der Waals surface area contributed by atoms with Crippen LogP contribution in [-0.4, -0.2) is 64.2 Å². The van der Waals surface area contributed by atoms with Gasteiger partial charge in [-0.2, -0.15) is 5.10 Å². The zero-order valence-corrected chi connectivity index (χ0v) is 21.9. The van der Waals surface area contributed by atoms with Gasteiger partial charge in [-0.25, -0.2) is 0 Å². The molecule has 0 radical (unpaired) electrons. The van der Waals surface area contributed by atoms with Gasteiger partial charge in [0.1, 0.15) is 5.75 Å². The lowest BCUT2D eigenvalue weighted by molar-refractivity contribution is -0.136. The maximum absolute atomic E-state index is 13.4. The van der Waals surface area contributed by atoms with Crippen molar-refractivity contribution in [2.45, 2.75) is 58.4 Å². The van der Waals surface area contributed by atoms with Crippen LogP contribution >= 0.6 is 23.2 Å². The van der Waals surface area contributed by atoms with E-state index < -0.39 is 5.41 Å². The molecule has 2 aromatic rings. The molecule has 3 heterocycles. The monoisotopic (exact) mass is 520 g/mol. The minimum Gasteiger partial charge on any atom is -0.493 e. The lowest BCUT2D eigenvalue weighted by Gasteiger charge is -2.43. The third kappa shape index (κ3) is 6.50. The van der Waals surface area contributed by atoms with E-state index in [4.69, 9.17) is 27.9 Å². The van der Waals surface area contributed by atoms with E-state index in [1.807, 2.05) is 17.0 Å². The molecule has 0 unspecified atom stereocenters. The highest BCUT2D eigenvalue weighted by molar-refractivity contribution is 6.33. The number of likely N-dealkylation sites (tertiary alicyclic amines) is 2. The third-order valence-corrected chi connectivity index (χ3v) is 7.41. The van der Waals surface area contributed by atoms with Crippen molar-refractivity contribution >= 4 is 35.0 Å². The first-order chi connectivity index (χ1) is 16.9. The second-order valence-electron chi connectivity index (χ2n) is 9.78. The van der Waals surface area contributed by atoms with Gasteiger partial charge in [0.2, 0.25) is 5.91 Å². The molecule has 2 amide bonds. The summed E-state index contributed by atoms with van der Waals surface area (Å²) in [5.41, 5.74) is -0.225. The first-order valence-corrected chi connectivity index (χ1v) is 13.3. The molecule has 9 heteroatoms. The summed E-state index contributed by atoms with van der Waals surface area (Å²) in [6, 6.07) is 7.27. The van der Waals surface area contributed by atoms with Gasteiger partial charge in [-0.15, -0.1) is 0 Å². The van der Waals surface area contributed by atoms with Crippen molar-refractivity contribution in [1.29, 1.82) is 0 Å². The highest BCUT2D eigenvalue weighted by Gasteiger charge is 2.41. The van der Waals surface area contributed by atoms with Crippen LogP contribution in [0.25, 0.3) is 0 Å². The molecule has 0 saturated carbocycles. The van der Waals surface area contributed by atoms with Gasteiger partial charge in [0, 0.05) is 55.8 Å². The van der Waals surface area contributed by atoms with Crippen LogP contribution < -0.4 is 4.74 Å². The second kappa shape index (κ2) is 11.7. The van der Waals surface area contributed by atoms with Crippen molar-refractivity contribution in [3.63, 3.8) is 0 Å². The fourth-order valence-electron chi connectivity index (χ4n) is 5.10. The van der Waals surface area contributed by atoms with Crippen LogP contribution in [0.2, 0.25) is 10.0 Å². The number of rotatable bonds is 8. The number of halogens is 2. The lowest BCUT2D eigenvalue weighted by Crippen LogP contribution is -2.51. The third-order valence-electron chi connectivity index (χ3n) is 6.90. The molecule has 0 bridgehead atoms. The maximum atomic E-state index is 13.4. The molecule has 0 spiro atoms. The van der Waals surface area contributed by atoms with Crippen molar-refractivity contribution < 1.29 is 14.3 Å². The topological polar surface area (TPSA) is 67.7 Å². The van der Waals surface area contributed by atoms with Crippen molar-refractivity contribution in [2.24, 2.45) is 5.41 Å². The quantitative estimate of drug-likeness (QED) is 0.473. The normalized spacial score (nSPS) is 20.7. The number of carbonyl (C=O) groups excluding carboxylic acids is 2. The average molecular weight is 521 g/mol. The Kier molecular flexibility index (Phi) is 8.60. The Labute approximate surface area is 217 Å². The SMILES string of the molecule is CCCn1cc(Cl)c(C(=O)N2CCC[C@](COc3cccc(Cl)c3)(CC(=O)N3CCCCC3)C2)n1. The Hall–Kier alpha value is -2.25. The molecular formula is C26H34Cl2N4O3. The Morgan fingerprint density at radius 2 is 1.86 bits per heavy atom. The van der Waals surface area contributed by atoms with Crippen LogP contribution in [0.15, 0.2) is 30.5 Å². The van der Waals surface area contributed by atoms with E-state index >= 15 is 0 Å². The molecule has 1 atom stereocenters. The molecule has 2 aliphatic heterocycles. The number of benzene rings is 1. The molecule has 35 heavy (non-hydrogen) atoms. The first kappa shape index (κ1) is 25.8. The summed E-state index contributed by atoms with van der Waals surface area (Å²) in [7, 11) is 0. The number of piperidine rings is 2. The molecule has 2 aliphatic rings. The average Bonchev–Trinajstić information content (AvgIpc) is 3.23. The molecule has 7 nitrogen and oxygen atoms in total. The summed E-state index contributed by atoms with van der Waals surface area (Å²) in [5, 5.41) is 5.39. The number of ether oxygens (including phenoxy) is 1. The van der Waals surface area contributed by atoms with E-state index in [9.17, 15) is 9.59 Å². The number of nitrogens with zero attached hydrogens (tertiary/aromatic N) is 4. The Balaban J connectivity index is 1.54. The van der Waals surface area contributed by atoms with E-state index in [1.165, 1.54) is 6.42 Å². The van der Waals surface area contributed by atoms with Gasteiger partial charge >= 0.3 is 0 Å². The molecule has 1 aromatic carbocycles. The molecule has 4 rings (SSSR count). The van der Waals surface area contributed by atoms with Crippen LogP contribution in [0.1, 0.15) is 62.4 Å². The van der Waals surface area contributed by atoms with Crippen LogP contribution in [0, 0.1) is 5.41 Å². The highest BCUT2D eigenvalue weighted by atomic mass is 35.5. The maximum Gasteiger partial charge on any atom is 0.275 e.